The number of nitro groups is 1. The molecular weight excluding hydrogens is 240 g/mol. The molecule has 0 aliphatic carbocycles. The summed E-state index contributed by atoms with van der Waals surface area (Å²) in [7, 11) is 0. The molecule has 0 unspecified atom stereocenters. The van der Waals surface area contributed by atoms with E-state index in [0.29, 0.717) is 17.1 Å². The van der Waals surface area contributed by atoms with Crippen molar-refractivity contribution in [3.05, 3.63) is 45.0 Å². The summed E-state index contributed by atoms with van der Waals surface area (Å²) in [4.78, 5) is 10.4. The van der Waals surface area contributed by atoms with Crippen molar-refractivity contribution in [2.45, 2.75) is 13.3 Å². The molecule has 0 bridgehead atoms. The van der Waals surface area contributed by atoms with Gasteiger partial charge in [-0.15, -0.1) is 0 Å². The van der Waals surface area contributed by atoms with Gasteiger partial charge in [0.25, 0.3) is 5.69 Å². The van der Waals surface area contributed by atoms with Crippen LogP contribution in [0.3, 0.4) is 0 Å². The van der Waals surface area contributed by atoms with Crippen LogP contribution in [0.1, 0.15) is 18.9 Å². The van der Waals surface area contributed by atoms with Gasteiger partial charge >= 0.3 is 0 Å². The Bertz CT molecular complexity index is 419. The summed E-state index contributed by atoms with van der Waals surface area (Å²) in [6.07, 6.45) is 4.63. The van der Waals surface area contributed by atoms with Gasteiger partial charge in [0.15, 0.2) is 0 Å². The molecule has 92 valence electrons. The summed E-state index contributed by atoms with van der Waals surface area (Å²) >= 11 is 5.81. The standard InChI is InChI=1S/C12H15ClN2O2/c1-2-7-14-8-3-4-10-9-11(13)5-6-12(10)15(16)17/h3-6,9,14H,2,7-8H2,1H3/b4-3+. The molecule has 0 fully saturated rings. The molecule has 17 heavy (non-hydrogen) atoms. The van der Waals surface area contributed by atoms with Crippen molar-refractivity contribution in [3.8, 4) is 0 Å². The van der Waals surface area contributed by atoms with Crippen LogP contribution in [-0.4, -0.2) is 18.0 Å². The van der Waals surface area contributed by atoms with Gasteiger partial charge in [0, 0.05) is 17.6 Å². The van der Waals surface area contributed by atoms with Crippen LogP contribution in [0.15, 0.2) is 24.3 Å². The summed E-state index contributed by atoms with van der Waals surface area (Å²) < 4.78 is 0. The molecular formula is C12H15ClN2O2. The normalized spacial score (nSPS) is 10.9. The molecule has 4 nitrogen and oxygen atoms in total. The maximum absolute atomic E-state index is 10.8. The van der Waals surface area contributed by atoms with E-state index in [1.165, 1.54) is 12.1 Å². The van der Waals surface area contributed by atoms with Gasteiger partial charge in [-0.05, 0) is 25.1 Å². The van der Waals surface area contributed by atoms with E-state index in [4.69, 9.17) is 11.6 Å². The molecule has 0 saturated heterocycles. The highest BCUT2D eigenvalue weighted by Gasteiger charge is 2.10. The third-order valence-electron chi connectivity index (χ3n) is 2.17. The first-order valence-corrected chi connectivity index (χ1v) is 5.84. The van der Waals surface area contributed by atoms with Gasteiger partial charge in [-0.25, -0.2) is 0 Å². The van der Waals surface area contributed by atoms with Crippen LogP contribution < -0.4 is 5.32 Å². The molecule has 1 aromatic rings. The Morgan fingerprint density at radius 3 is 2.94 bits per heavy atom. The van der Waals surface area contributed by atoms with Crippen LogP contribution in [0.5, 0.6) is 0 Å². The molecule has 1 N–H and O–H groups in total. The van der Waals surface area contributed by atoms with Crippen LogP contribution in [-0.2, 0) is 0 Å². The zero-order valence-electron chi connectivity index (χ0n) is 9.65. The Balaban J connectivity index is 2.74. The third-order valence-corrected chi connectivity index (χ3v) is 2.41. The Hall–Kier alpha value is -1.39. The third kappa shape index (κ3) is 4.54. The van der Waals surface area contributed by atoms with E-state index in [1.807, 2.05) is 6.08 Å². The van der Waals surface area contributed by atoms with E-state index < -0.39 is 4.92 Å². The number of rotatable bonds is 6. The predicted molar refractivity (Wildman–Crippen MR) is 70.3 cm³/mol. The fourth-order valence-corrected chi connectivity index (χ4v) is 1.55. The molecule has 0 heterocycles. The van der Waals surface area contributed by atoms with Crippen molar-refractivity contribution in [2.24, 2.45) is 0 Å². The smallest absolute Gasteiger partial charge is 0.276 e. The van der Waals surface area contributed by atoms with Gasteiger partial charge in [-0.2, -0.15) is 0 Å². The van der Waals surface area contributed by atoms with Gasteiger partial charge in [0.2, 0.25) is 0 Å². The first-order chi connectivity index (χ1) is 8.15. The molecule has 1 aromatic carbocycles. The highest BCUT2D eigenvalue weighted by molar-refractivity contribution is 6.30. The van der Waals surface area contributed by atoms with E-state index in [9.17, 15) is 10.1 Å². The molecule has 0 radical (unpaired) electrons. The first-order valence-electron chi connectivity index (χ1n) is 5.46. The fourth-order valence-electron chi connectivity index (χ4n) is 1.37. The van der Waals surface area contributed by atoms with Crippen molar-refractivity contribution in [3.63, 3.8) is 0 Å². The zero-order chi connectivity index (χ0) is 12.7. The lowest BCUT2D eigenvalue weighted by molar-refractivity contribution is -0.385. The van der Waals surface area contributed by atoms with Crippen LogP contribution >= 0.6 is 11.6 Å². The minimum absolute atomic E-state index is 0.0705. The van der Waals surface area contributed by atoms with Crippen molar-refractivity contribution in [1.82, 2.24) is 5.32 Å². The molecule has 0 spiro atoms. The lowest BCUT2D eigenvalue weighted by atomic mass is 10.1. The van der Waals surface area contributed by atoms with Crippen LogP contribution in [0, 0.1) is 10.1 Å². The number of nitrogens with one attached hydrogen (secondary N) is 1. The molecule has 1 rings (SSSR count). The van der Waals surface area contributed by atoms with Crippen LogP contribution in [0.4, 0.5) is 5.69 Å². The molecule has 0 saturated carbocycles. The molecule has 0 aliphatic rings. The SMILES string of the molecule is CCCNC/C=C/c1cc(Cl)ccc1[N+](=O)[O-]. The first kappa shape index (κ1) is 13.7. The number of halogens is 1. The monoisotopic (exact) mass is 254 g/mol. The van der Waals surface area contributed by atoms with Gasteiger partial charge < -0.3 is 5.32 Å². The number of benzene rings is 1. The number of nitro benzene ring substituents is 1. The van der Waals surface area contributed by atoms with Gasteiger partial charge in [-0.1, -0.05) is 30.7 Å². The van der Waals surface area contributed by atoms with Crippen molar-refractivity contribution >= 4 is 23.4 Å². The van der Waals surface area contributed by atoms with Gasteiger partial charge in [0.05, 0.1) is 10.5 Å². The Morgan fingerprint density at radius 2 is 2.29 bits per heavy atom. The van der Waals surface area contributed by atoms with E-state index >= 15 is 0 Å². The summed E-state index contributed by atoms with van der Waals surface area (Å²) in [6, 6.07) is 4.53. The molecule has 0 atom stereocenters. The summed E-state index contributed by atoms with van der Waals surface area (Å²) in [5, 5.41) is 14.5. The Labute approximate surface area is 105 Å². The van der Waals surface area contributed by atoms with Crippen molar-refractivity contribution in [2.75, 3.05) is 13.1 Å². The lowest BCUT2D eigenvalue weighted by Gasteiger charge is -1.99. The number of nitrogens with zero attached hydrogens (tertiary/aromatic N) is 1. The van der Waals surface area contributed by atoms with E-state index in [1.54, 1.807) is 12.1 Å². The van der Waals surface area contributed by atoms with E-state index in [2.05, 4.69) is 12.2 Å². The van der Waals surface area contributed by atoms with Crippen LogP contribution in [0.25, 0.3) is 6.08 Å². The minimum Gasteiger partial charge on any atom is -0.313 e. The summed E-state index contributed by atoms with van der Waals surface area (Å²) in [6.45, 7) is 3.71. The van der Waals surface area contributed by atoms with Crippen LogP contribution in [0.2, 0.25) is 5.02 Å². The highest BCUT2D eigenvalue weighted by atomic mass is 35.5. The largest absolute Gasteiger partial charge is 0.313 e. The zero-order valence-corrected chi connectivity index (χ0v) is 10.4. The second kappa shape index (κ2) is 7.04. The molecule has 0 amide bonds. The maximum Gasteiger partial charge on any atom is 0.276 e. The summed E-state index contributed by atoms with van der Waals surface area (Å²) in [5.41, 5.74) is 0.599. The summed E-state index contributed by atoms with van der Waals surface area (Å²) in [5.74, 6) is 0. The molecule has 0 aliphatic heterocycles. The average molecular weight is 255 g/mol. The number of hydrogen-bond acceptors (Lipinski definition) is 3. The fraction of sp³-hybridized carbons (Fsp3) is 0.333. The molecule has 5 heteroatoms. The quantitative estimate of drug-likeness (QED) is 0.482. The highest BCUT2D eigenvalue weighted by Crippen LogP contribution is 2.23. The predicted octanol–water partition coefficient (Wildman–Crippen LogP) is 3.26. The average Bonchev–Trinajstić information content (AvgIpc) is 2.28. The topological polar surface area (TPSA) is 55.2 Å². The maximum atomic E-state index is 10.8. The molecule has 0 aromatic heterocycles. The minimum atomic E-state index is -0.407. The Morgan fingerprint density at radius 1 is 1.53 bits per heavy atom. The van der Waals surface area contributed by atoms with E-state index in [0.717, 1.165) is 13.0 Å². The second-order valence-corrected chi connectivity index (χ2v) is 4.00. The number of hydrogen-bond donors (Lipinski definition) is 1. The van der Waals surface area contributed by atoms with E-state index in [-0.39, 0.29) is 5.69 Å². The Kier molecular flexibility index (Phi) is 5.66. The van der Waals surface area contributed by atoms with Crippen molar-refractivity contribution in [1.29, 1.82) is 0 Å². The van der Waals surface area contributed by atoms with Gasteiger partial charge in [0.1, 0.15) is 0 Å². The lowest BCUT2D eigenvalue weighted by Crippen LogP contribution is -2.13. The van der Waals surface area contributed by atoms with Gasteiger partial charge in [-0.3, -0.25) is 10.1 Å². The second-order valence-electron chi connectivity index (χ2n) is 3.57. The van der Waals surface area contributed by atoms with Crippen molar-refractivity contribution < 1.29 is 4.92 Å².